The van der Waals surface area contributed by atoms with Gasteiger partial charge in [0.15, 0.2) is 0 Å². The Kier molecular flexibility index (Phi) is 5.90. The van der Waals surface area contributed by atoms with Gasteiger partial charge in [0.2, 0.25) is 0 Å². The van der Waals surface area contributed by atoms with Gasteiger partial charge in [-0.1, -0.05) is 0 Å². The molecule has 0 unspecified atom stereocenters. The van der Waals surface area contributed by atoms with Crippen LogP contribution in [0, 0.1) is 5.92 Å². The van der Waals surface area contributed by atoms with Crippen LogP contribution < -0.4 is 11.1 Å². The lowest BCUT2D eigenvalue weighted by Gasteiger charge is -2.32. The third-order valence-corrected chi connectivity index (χ3v) is 5.48. The third kappa shape index (κ3) is 4.83. The van der Waals surface area contributed by atoms with Gasteiger partial charge in [-0.05, 0) is 44.0 Å². The van der Waals surface area contributed by atoms with Crippen molar-refractivity contribution < 1.29 is 0 Å². The molecule has 0 radical (unpaired) electrons. The monoisotopic (exact) mass is 392 g/mol. The molecule has 0 saturated carbocycles. The topological polar surface area (TPSA) is 85.9 Å². The van der Waals surface area contributed by atoms with E-state index in [4.69, 9.17) is 0 Å². The summed E-state index contributed by atoms with van der Waals surface area (Å²) in [6.45, 7) is 4.16. The van der Waals surface area contributed by atoms with E-state index < -0.39 is 0 Å². The zero-order valence-electron chi connectivity index (χ0n) is 16.2. The van der Waals surface area contributed by atoms with E-state index in [-0.39, 0.29) is 11.1 Å². The first-order chi connectivity index (χ1) is 14.2. The van der Waals surface area contributed by atoms with Crippen LogP contribution in [0.3, 0.4) is 0 Å². The quantitative estimate of drug-likeness (QED) is 0.628. The molecule has 1 aliphatic rings. The highest BCUT2D eigenvalue weighted by Crippen LogP contribution is 2.19. The number of rotatable bonds is 6. The molecule has 8 nitrogen and oxygen atoms in total. The van der Waals surface area contributed by atoms with Crippen molar-refractivity contribution in [3.8, 4) is 11.3 Å². The van der Waals surface area contributed by atoms with Crippen LogP contribution in [0.4, 0.5) is 0 Å². The highest BCUT2D eigenvalue weighted by molar-refractivity contribution is 5.57. The molecular formula is C21H24N6O2. The molecule has 1 aliphatic heterocycles. The average molecular weight is 392 g/mol. The molecule has 1 fully saturated rings. The SMILES string of the molecule is O=c1cnccn1CCN1CCC(Cn2cnc(-c3ccncc3)cc2=O)CC1. The third-order valence-electron chi connectivity index (χ3n) is 5.48. The average Bonchev–Trinajstić information content (AvgIpc) is 2.76. The van der Waals surface area contributed by atoms with Crippen molar-refractivity contribution >= 4 is 0 Å². The lowest BCUT2D eigenvalue weighted by atomic mass is 9.96. The van der Waals surface area contributed by atoms with E-state index in [1.165, 1.54) is 6.20 Å². The van der Waals surface area contributed by atoms with E-state index in [0.29, 0.717) is 24.7 Å². The predicted octanol–water partition coefficient (Wildman–Crippen LogP) is 1.27. The molecule has 0 bridgehead atoms. The van der Waals surface area contributed by atoms with E-state index in [2.05, 4.69) is 19.9 Å². The van der Waals surface area contributed by atoms with E-state index in [0.717, 1.165) is 38.0 Å². The van der Waals surface area contributed by atoms with Gasteiger partial charge in [-0.15, -0.1) is 0 Å². The van der Waals surface area contributed by atoms with Gasteiger partial charge in [0, 0.05) is 56.1 Å². The Bertz CT molecular complexity index is 1050. The van der Waals surface area contributed by atoms with E-state index >= 15 is 0 Å². The number of likely N-dealkylation sites (tertiary alicyclic amines) is 1. The van der Waals surface area contributed by atoms with Gasteiger partial charge in [-0.2, -0.15) is 0 Å². The summed E-state index contributed by atoms with van der Waals surface area (Å²) in [5.41, 5.74) is 1.48. The summed E-state index contributed by atoms with van der Waals surface area (Å²) in [7, 11) is 0. The fourth-order valence-electron chi connectivity index (χ4n) is 3.72. The summed E-state index contributed by atoms with van der Waals surface area (Å²) in [4.78, 5) is 38.9. The molecule has 29 heavy (non-hydrogen) atoms. The summed E-state index contributed by atoms with van der Waals surface area (Å²) >= 11 is 0. The van der Waals surface area contributed by atoms with E-state index in [9.17, 15) is 9.59 Å². The van der Waals surface area contributed by atoms with Crippen molar-refractivity contribution in [2.45, 2.75) is 25.9 Å². The lowest BCUT2D eigenvalue weighted by molar-refractivity contribution is 0.167. The van der Waals surface area contributed by atoms with Gasteiger partial charge in [0.05, 0.1) is 18.2 Å². The van der Waals surface area contributed by atoms with Crippen LogP contribution in [0.15, 0.2) is 65.1 Å². The predicted molar refractivity (Wildman–Crippen MR) is 109 cm³/mol. The van der Waals surface area contributed by atoms with Crippen molar-refractivity contribution in [1.29, 1.82) is 0 Å². The number of piperidine rings is 1. The molecule has 150 valence electrons. The summed E-state index contributed by atoms with van der Waals surface area (Å²) in [5.74, 6) is 0.459. The summed E-state index contributed by atoms with van der Waals surface area (Å²) in [6, 6.07) is 5.29. The Morgan fingerprint density at radius 3 is 2.45 bits per heavy atom. The maximum atomic E-state index is 12.5. The Balaban J connectivity index is 1.30. The van der Waals surface area contributed by atoms with Gasteiger partial charge in [0.1, 0.15) is 0 Å². The molecule has 0 atom stereocenters. The fraction of sp³-hybridized carbons (Fsp3) is 0.381. The number of hydrogen-bond acceptors (Lipinski definition) is 6. The number of hydrogen-bond donors (Lipinski definition) is 0. The zero-order chi connectivity index (χ0) is 20.1. The second-order valence-corrected chi connectivity index (χ2v) is 7.39. The van der Waals surface area contributed by atoms with Crippen LogP contribution in [0.1, 0.15) is 12.8 Å². The number of pyridine rings is 1. The summed E-state index contributed by atoms with van der Waals surface area (Å²) in [5, 5.41) is 0. The van der Waals surface area contributed by atoms with Gasteiger partial charge in [-0.3, -0.25) is 24.1 Å². The van der Waals surface area contributed by atoms with Crippen LogP contribution in [-0.2, 0) is 13.1 Å². The van der Waals surface area contributed by atoms with Crippen molar-refractivity contribution in [3.05, 3.63) is 76.2 Å². The molecule has 0 aliphatic carbocycles. The molecule has 0 N–H and O–H groups in total. The Labute approximate surface area is 168 Å². The molecular weight excluding hydrogens is 368 g/mol. The van der Waals surface area contributed by atoms with Crippen LogP contribution in [0.2, 0.25) is 0 Å². The van der Waals surface area contributed by atoms with Crippen molar-refractivity contribution in [3.63, 3.8) is 0 Å². The smallest absolute Gasteiger partial charge is 0.269 e. The van der Waals surface area contributed by atoms with Crippen LogP contribution in [0.25, 0.3) is 11.3 Å². The Morgan fingerprint density at radius 2 is 1.72 bits per heavy atom. The molecule has 0 amide bonds. The molecule has 3 aromatic heterocycles. The molecule has 8 heteroatoms. The summed E-state index contributed by atoms with van der Waals surface area (Å²) < 4.78 is 3.40. The minimum atomic E-state index is -0.0653. The van der Waals surface area contributed by atoms with E-state index in [1.807, 2.05) is 12.1 Å². The Morgan fingerprint density at radius 1 is 0.931 bits per heavy atom. The largest absolute Gasteiger partial charge is 0.311 e. The maximum absolute atomic E-state index is 12.5. The maximum Gasteiger partial charge on any atom is 0.269 e. The normalized spacial score (nSPS) is 15.4. The second kappa shape index (κ2) is 8.91. The van der Waals surface area contributed by atoms with Gasteiger partial charge >= 0.3 is 0 Å². The van der Waals surface area contributed by atoms with Crippen molar-refractivity contribution in [2.75, 3.05) is 19.6 Å². The number of nitrogens with zero attached hydrogens (tertiary/aromatic N) is 6. The second-order valence-electron chi connectivity index (χ2n) is 7.39. The molecule has 0 spiro atoms. The molecule has 4 heterocycles. The molecule has 1 saturated heterocycles. The first kappa shape index (κ1) is 19.2. The minimum Gasteiger partial charge on any atom is -0.311 e. The lowest BCUT2D eigenvalue weighted by Crippen LogP contribution is -2.38. The van der Waals surface area contributed by atoms with Gasteiger partial charge in [0.25, 0.3) is 11.1 Å². The highest BCUT2D eigenvalue weighted by Gasteiger charge is 2.20. The van der Waals surface area contributed by atoms with Crippen LogP contribution in [0.5, 0.6) is 0 Å². The summed E-state index contributed by atoms with van der Waals surface area (Å²) in [6.07, 6.45) is 11.8. The van der Waals surface area contributed by atoms with Crippen LogP contribution in [-0.4, -0.2) is 48.6 Å². The zero-order valence-corrected chi connectivity index (χ0v) is 16.2. The molecule has 3 aromatic rings. The number of aromatic nitrogens is 5. The van der Waals surface area contributed by atoms with Crippen molar-refractivity contribution in [1.82, 2.24) is 29.0 Å². The van der Waals surface area contributed by atoms with E-state index in [1.54, 1.807) is 46.3 Å². The van der Waals surface area contributed by atoms with Gasteiger partial charge < -0.3 is 9.47 Å². The standard InChI is InChI=1S/C21H24N6O2/c28-20-13-19(18-1-5-22-6-2-18)24-16-27(20)15-17-3-8-25(9-4-17)11-12-26-10-7-23-14-21(26)29/h1-2,5-7,10,13-14,16-17H,3-4,8-9,11-12,15H2. The minimum absolute atomic E-state index is 0.0219. The fourth-order valence-corrected chi connectivity index (χ4v) is 3.72. The molecule has 0 aromatic carbocycles. The highest BCUT2D eigenvalue weighted by atomic mass is 16.1. The first-order valence-corrected chi connectivity index (χ1v) is 9.89. The van der Waals surface area contributed by atoms with Gasteiger partial charge in [-0.25, -0.2) is 4.98 Å². The Hall–Kier alpha value is -3.13. The van der Waals surface area contributed by atoms with Crippen LogP contribution >= 0.6 is 0 Å². The van der Waals surface area contributed by atoms with Crippen molar-refractivity contribution in [2.24, 2.45) is 5.92 Å². The molecule has 4 rings (SSSR count). The first-order valence-electron chi connectivity index (χ1n) is 9.89.